The van der Waals surface area contributed by atoms with E-state index in [0.29, 0.717) is 0 Å². The zero-order chi connectivity index (χ0) is 24.1. The summed E-state index contributed by atoms with van der Waals surface area (Å²) in [5.74, 6) is -3.44. The molecule has 1 heterocycles. The SMILES string of the molecule is CCOC(=O)CNC(=O)COc1cc(-c2c(CCl)[nH]c(C(F)(F)F)c2CCl)c(F)cc1Cl. The number of aromatic amines is 1. The van der Waals surface area contributed by atoms with Crippen LogP contribution < -0.4 is 10.1 Å². The third kappa shape index (κ3) is 6.20. The van der Waals surface area contributed by atoms with Gasteiger partial charge in [-0.2, -0.15) is 13.2 Å². The van der Waals surface area contributed by atoms with E-state index in [0.717, 1.165) is 12.1 Å². The molecule has 0 radical (unpaired) electrons. The van der Waals surface area contributed by atoms with Crippen molar-refractivity contribution in [1.82, 2.24) is 10.3 Å². The highest BCUT2D eigenvalue weighted by atomic mass is 35.5. The van der Waals surface area contributed by atoms with Gasteiger partial charge in [0.25, 0.3) is 5.91 Å². The molecule has 2 aromatic rings. The van der Waals surface area contributed by atoms with Crippen LogP contribution in [0.3, 0.4) is 0 Å². The fourth-order valence-corrected chi connectivity index (χ4v) is 3.48. The summed E-state index contributed by atoms with van der Waals surface area (Å²) in [5.41, 5.74) is -2.11. The fraction of sp³-hybridized carbons (Fsp3) is 0.368. The van der Waals surface area contributed by atoms with Crippen LogP contribution in [0.2, 0.25) is 5.02 Å². The Balaban J connectivity index is 2.35. The molecule has 0 spiro atoms. The summed E-state index contributed by atoms with van der Waals surface area (Å²) in [5, 5.41) is 2.02. The number of esters is 1. The Morgan fingerprint density at radius 1 is 1.19 bits per heavy atom. The molecule has 0 aliphatic rings. The van der Waals surface area contributed by atoms with Crippen LogP contribution in [0.25, 0.3) is 11.1 Å². The van der Waals surface area contributed by atoms with Gasteiger partial charge < -0.3 is 19.8 Å². The molecule has 1 aromatic carbocycles. The second-order valence-electron chi connectivity index (χ2n) is 6.23. The van der Waals surface area contributed by atoms with Crippen LogP contribution in [-0.2, 0) is 32.3 Å². The Labute approximate surface area is 195 Å². The van der Waals surface area contributed by atoms with Gasteiger partial charge in [0.2, 0.25) is 0 Å². The number of alkyl halides is 5. The lowest BCUT2D eigenvalue weighted by Gasteiger charge is -2.13. The number of hydrogen-bond donors (Lipinski definition) is 2. The Hall–Kier alpha value is -2.17. The Bertz CT molecular complexity index is 996. The molecular weight excluding hydrogens is 503 g/mol. The van der Waals surface area contributed by atoms with Gasteiger partial charge in [-0.1, -0.05) is 11.6 Å². The van der Waals surface area contributed by atoms with Crippen LogP contribution in [0, 0.1) is 5.82 Å². The lowest BCUT2D eigenvalue weighted by molar-refractivity contribution is -0.143. The number of amides is 1. The lowest BCUT2D eigenvalue weighted by Crippen LogP contribution is -2.34. The first-order chi connectivity index (χ1) is 15.0. The lowest BCUT2D eigenvalue weighted by atomic mass is 10.00. The average molecular weight is 520 g/mol. The second kappa shape index (κ2) is 11.1. The molecule has 0 aliphatic heterocycles. The van der Waals surface area contributed by atoms with E-state index >= 15 is 0 Å². The van der Waals surface area contributed by atoms with Crippen molar-refractivity contribution < 1.29 is 36.6 Å². The van der Waals surface area contributed by atoms with Gasteiger partial charge in [-0.15, -0.1) is 23.2 Å². The van der Waals surface area contributed by atoms with Gasteiger partial charge in [-0.3, -0.25) is 9.59 Å². The molecule has 0 aliphatic carbocycles. The smallest absolute Gasteiger partial charge is 0.431 e. The van der Waals surface area contributed by atoms with E-state index in [9.17, 15) is 27.2 Å². The van der Waals surface area contributed by atoms with E-state index in [1.165, 1.54) is 0 Å². The molecule has 2 rings (SSSR count). The van der Waals surface area contributed by atoms with Gasteiger partial charge in [0.1, 0.15) is 23.8 Å². The Morgan fingerprint density at radius 3 is 2.44 bits per heavy atom. The van der Waals surface area contributed by atoms with Crippen LogP contribution in [0.5, 0.6) is 5.75 Å². The first-order valence-electron chi connectivity index (χ1n) is 9.00. The molecule has 0 fully saturated rings. The number of ether oxygens (including phenoxy) is 2. The predicted molar refractivity (Wildman–Crippen MR) is 110 cm³/mol. The highest BCUT2D eigenvalue weighted by Crippen LogP contribution is 2.43. The van der Waals surface area contributed by atoms with Gasteiger partial charge in [-0.05, 0) is 19.1 Å². The standard InChI is InChI=1S/C19H17Cl3F4N2O4/c1-2-31-16(30)7-27-15(29)8-32-14-3-9(12(23)4-11(14)22)17-10(5-20)18(19(24,25)26)28-13(17)6-21/h3-4,28H,2,5-8H2,1H3,(H,27,29). The van der Waals surface area contributed by atoms with E-state index in [1.807, 2.05) is 0 Å². The summed E-state index contributed by atoms with van der Waals surface area (Å²) in [6.45, 7) is 0.753. The van der Waals surface area contributed by atoms with E-state index in [2.05, 4.69) is 15.0 Å². The molecular formula is C19H17Cl3F4N2O4. The number of nitrogens with one attached hydrogen (secondary N) is 2. The monoisotopic (exact) mass is 518 g/mol. The highest BCUT2D eigenvalue weighted by molar-refractivity contribution is 6.32. The minimum Gasteiger partial charge on any atom is -0.482 e. The van der Waals surface area contributed by atoms with Gasteiger partial charge in [-0.25, -0.2) is 4.39 Å². The maximum Gasteiger partial charge on any atom is 0.431 e. The van der Waals surface area contributed by atoms with Crippen molar-refractivity contribution in [2.24, 2.45) is 0 Å². The zero-order valence-electron chi connectivity index (χ0n) is 16.5. The number of H-pyrrole nitrogens is 1. The molecule has 0 atom stereocenters. The zero-order valence-corrected chi connectivity index (χ0v) is 18.7. The normalized spacial score (nSPS) is 11.4. The van der Waals surface area contributed by atoms with Crippen molar-refractivity contribution in [3.05, 3.63) is 39.9 Å². The van der Waals surface area contributed by atoms with Crippen LogP contribution in [0.15, 0.2) is 12.1 Å². The molecule has 32 heavy (non-hydrogen) atoms. The third-order valence-corrected chi connectivity index (χ3v) is 4.95. The quantitative estimate of drug-likeness (QED) is 0.277. The molecule has 1 amide bonds. The molecule has 0 saturated carbocycles. The topological polar surface area (TPSA) is 80.4 Å². The minimum absolute atomic E-state index is 0.103. The number of carbonyl (C=O) groups excluding carboxylic acids is 2. The number of hydrogen-bond acceptors (Lipinski definition) is 4. The van der Waals surface area contributed by atoms with Crippen LogP contribution in [-0.4, -0.2) is 36.6 Å². The average Bonchev–Trinajstić information content (AvgIpc) is 3.11. The molecule has 176 valence electrons. The summed E-state index contributed by atoms with van der Waals surface area (Å²) in [6, 6.07) is 1.88. The van der Waals surface area contributed by atoms with Gasteiger partial charge in [0.15, 0.2) is 6.61 Å². The maximum absolute atomic E-state index is 14.7. The molecule has 6 nitrogen and oxygen atoms in total. The van der Waals surface area contributed by atoms with E-state index < -0.39 is 47.6 Å². The molecule has 1 aromatic heterocycles. The van der Waals surface area contributed by atoms with Gasteiger partial charge >= 0.3 is 12.1 Å². The van der Waals surface area contributed by atoms with Crippen molar-refractivity contribution in [2.75, 3.05) is 19.8 Å². The van der Waals surface area contributed by atoms with Crippen molar-refractivity contribution in [2.45, 2.75) is 24.9 Å². The van der Waals surface area contributed by atoms with Crippen LogP contribution >= 0.6 is 34.8 Å². The van der Waals surface area contributed by atoms with Crippen LogP contribution in [0.1, 0.15) is 23.9 Å². The number of carbonyl (C=O) groups is 2. The van der Waals surface area contributed by atoms with Gasteiger partial charge in [0, 0.05) is 22.4 Å². The van der Waals surface area contributed by atoms with E-state index in [-0.39, 0.29) is 46.6 Å². The second-order valence-corrected chi connectivity index (χ2v) is 7.17. The van der Waals surface area contributed by atoms with E-state index in [1.54, 1.807) is 6.92 Å². The Kier molecular flexibility index (Phi) is 9.06. The summed E-state index contributed by atoms with van der Waals surface area (Å²) in [4.78, 5) is 25.3. The predicted octanol–water partition coefficient (Wildman–Crippen LogP) is 5.03. The van der Waals surface area contributed by atoms with Crippen molar-refractivity contribution >= 4 is 46.7 Å². The highest BCUT2D eigenvalue weighted by Gasteiger charge is 2.38. The number of halogens is 7. The largest absolute Gasteiger partial charge is 0.482 e. The van der Waals surface area contributed by atoms with Gasteiger partial charge in [0.05, 0.1) is 23.4 Å². The molecule has 13 heteroatoms. The number of aromatic nitrogens is 1. The molecule has 0 bridgehead atoms. The minimum atomic E-state index is -4.78. The first-order valence-corrected chi connectivity index (χ1v) is 10.4. The summed E-state index contributed by atoms with van der Waals surface area (Å²) < 4.78 is 64.7. The van der Waals surface area contributed by atoms with Crippen molar-refractivity contribution in [3.8, 4) is 16.9 Å². The molecule has 0 saturated heterocycles. The summed E-state index contributed by atoms with van der Waals surface area (Å²) in [6.07, 6.45) is -4.78. The van der Waals surface area contributed by atoms with E-state index in [4.69, 9.17) is 39.5 Å². The summed E-state index contributed by atoms with van der Waals surface area (Å²) in [7, 11) is 0. The van der Waals surface area contributed by atoms with Crippen molar-refractivity contribution in [1.29, 1.82) is 0 Å². The summed E-state index contributed by atoms with van der Waals surface area (Å²) >= 11 is 17.5. The Morgan fingerprint density at radius 2 is 1.88 bits per heavy atom. The molecule has 2 N–H and O–H groups in total. The first kappa shape index (κ1) is 26.1. The number of rotatable bonds is 9. The third-order valence-electron chi connectivity index (χ3n) is 4.12. The van der Waals surface area contributed by atoms with Crippen molar-refractivity contribution in [3.63, 3.8) is 0 Å². The fourth-order valence-electron chi connectivity index (χ4n) is 2.81. The maximum atomic E-state index is 14.7. The number of benzene rings is 1. The van der Waals surface area contributed by atoms with Crippen LogP contribution in [0.4, 0.5) is 17.6 Å². The molecule has 0 unspecified atom stereocenters.